The predicted molar refractivity (Wildman–Crippen MR) is 177 cm³/mol. The number of hydrogen-bond donors (Lipinski definition) is 0. The van der Waals surface area contributed by atoms with E-state index in [2.05, 4.69) is 62.3 Å². The Balaban J connectivity index is 7.58. The zero-order valence-corrected chi connectivity index (χ0v) is 28.8. The van der Waals surface area contributed by atoms with E-state index in [1.807, 2.05) is 0 Å². The molecule has 0 N–H and O–H groups in total. The number of unbranched alkanes of at least 4 members (excludes halogenated alkanes) is 6. The van der Waals surface area contributed by atoms with Crippen LogP contribution in [0.4, 0.5) is 0 Å². The van der Waals surface area contributed by atoms with Crippen LogP contribution in [0.3, 0.4) is 0 Å². The van der Waals surface area contributed by atoms with E-state index in [1.54, 1.807) is 0 Å². The van der Waals surface area contributed by atoms with Crippen molar-refractivity contribution in [2.75, 3.05) is 0 Å². The molecule has 0 saturated carbocycles. The predicted octanol–water partition coefficient (Wildman–Crippen LogP) is 14.2. The van der Waals surface area contributed by atoms with Crippen LogP contribution in [0.15, 0.2) is 0 Å². The molecule has 224 valence electrons. The summed E-state index contributed by atoms with van der Waals surface area (Å²) in [6.07, 6.45) is 34.8. The van der Waals surface area contributed by atoms with Crippen LogP contribution in [-0.2, 0) is 0 Å². The fourth-order valence-corrected chi connectivity index (χ4v) is 14.7. The molecule has 0 aliphatic heterocycles. The first-order chi connectivity index (χ1) is 17.9. The van der Waals surface area contributed by atoms with Crippen molar-refractivity contribution in [2.24, 2.45) is 0 Å². The fourth-order valence-electron chi connectivity index (χ4n) is 8.07. The van der Waals surface area contributed by atoms with Gasteiger partial charge in [-0.3, -0.25) is 0 Å². The van der Waals surface area contributed by atoms with Gasteiger partial charge < -0.3 is 0 Å². The van der Waals surface area contributed by atoms with Crippen molar-refractivity contribution >= 4 is 7.92 Å². The summed E-state index contributed by atoms with van der Waals surface area (Å²) in [6.45, 7) is 22.3. The van der Waals surface area contributed by atoms with Gasteiger partial charge in [-0.25, -0.2) is 0 Å². The molecule has 0 aromatic heterocycles. The quantitative estimate of drug-likeness (QED) is 0.0912. The van der Waals surface area contributed by atoms with E-state index in [1.165, 1.54) is 154 Å². The van der Waals surface area contributed by atoms with Crippen molar-refractivity contribution in [2.45, 2.75) is 232 Å². The van der Waals surface area contributed by atoms with Crippen LogP contribution in [0.1, 0.15) is 216 Å². The molecule has 0 aliphatic carbocycles. The zero-order chi connectivity index (χ0) is 28.0. The van der Waals surface area contributed by atoms with E-state index in [-0.39, 0.29) is 7.92 Å². The minimum absolute atomic E-state index is 0.0910. The minimum atomic E-state index is -0.0910. The average Bonchev–Trinajstić information content (AvgIpc) is 2.90. The largest absolute Gasteiger partial charge is 0.0876 e. The summed E-state index contributed by atoms with van der Waals surface area (Å²) >= 11 is 0. The van der Waals surface area contributed by atoms with Gasteiger partial charge in [0.1, 0.15) is 0 Å². The van der Waals surface area contributed by atoms with E-state index in [4.69, 9.17) is 0 Å². The molecular weight excluding hydrogens is 463 g/mol. The van der Waals surface area contributed by atoms with Gasteiger partial charge in [-0.15, -0.1) is 0 Å². The maximum absolute atomic E-state index is 2.53. The fraction of sp³-hybridized carbons (Fsp3) is 1.00. The molecule has 37 heavy (non-hydrogen) atoms. The van der Waals surface area contributed by atoms with Gasteiger partial charge >= 0.3 is 0 Å². The van der Waals surface area contributed by atoms with Crippen molar-refractivity contribution in [3.05, 3.63) is 0 Å². The molecule has 0 spiro atoms. The van der Waals surface area contributed by atoms with E-state index < -0.39 is 0 Å². The van der Waals surface area contributed by atoms with Crippen molar-refractivity contribution < 1.29 is 0 Å². The lowest BCUT2D eigenvalue weighted by atomic mass is 9.88. The maximum Gasteiger partial charge on any atom is -0.00846 e. The third-order valence-corrected chi connectivity index (χ3v) is 14.4. The van der Waals surface area contributed by atoms with Crippen LogP contribution in [0.5, 0.6) is 0 Å². The van der Waals surface area contributed by atoms with Crippen molar-refractivity contribution in [1.29, 1.82) is 0 Å². The van der Waals surface area contributed by atoms with Gasteiger partial charge in [0.05, 0.1) is 0 Å². The molecule has 0 radical (unpaired) electrons. The summed E-state index contributed by atoms with van der Waals surface area (Å²) in [4.78, 5) is 0. The first kappa shape index (κ1) is 37.4. The highest BCUT2D eigenvalue weighted by Crippen LogP contribution is 2.78. The molecular formula is C36H75P. The SMILES string of the molecule is CCCCC(CCC)(CCCC)P(C(CCC)(CCCC)CCCC)C(CCC)(CCCC)CCCC. The van der Waals surface area contributed by atoms with E-state index in [0.29, 0.717) is 15.5 Å². The second-order valence-corrected chi connectivity index (χ2v) is 16.4. The highest BCUT2D eigenvalue weighted by molar-refractivity contribution is 7.62. The molecule has 0 nitrogen and oxygen atoms in total. The van der Waals surface area contributed by atoms with Gasteiger partial charge in [0.15, 0.2) is 0 Å². The lowest BCUT2D eigenvalue weighted by molar-refractivity contribution is 0.339. The molecule has 0 aromatic rings. The Labute approximate surface area is 239 Å². The lowest BCUT2D eigenvalue weighted by Gasteiger charge is -2.62. The highest BCUT2D eigenvalue weighted by Gasteiger charge is 2.56. The van der Waals surface area contributed by atoms with Gasteiger partial charge in [0.2, 0.25) is 0 Å². The Morgan fingerprint density at radius 2 is 0.459 bits per heavy atom. The first-order valence-electron chi connectivity index (χ1n) is 17.7. The second kappa shape index (κ2) is 22.2. The summed E-state index contributed by atoms with van der Waals surface area (Å²) in [5.74, 6) is 0. The summed E-state index contributed by atoms with van der Waals surface area (Å²) < 4.78 is 0. The Hall–Kier alpha value is 0.430. The molecule has 0 saturated heterocycles. The molecule has 0 atom stereocenters. The highest BCUT2D eigenvalue weighted by atomic mass is 31.1. The smallest absolute Gasteiger partial charge is 0.00846 e. The Kier molecular flexibility index (Phi) is 22.4. The summed E-state index contributed by atoms with van der Waals surface area (Å²) in [5.41, 5.74) is 0. The molecule has 1 heteroatoms. The Morgan fingerprint density at radius 1 is 0.270 bits per heavy atom. The molecule has 0 fully saturated rings. The lowest BCUT2D eigenvalue weighted by Crippen LogP contribution is -2.48. The van der Waals surface area contributed by atoms with Crippen LogP contribution >= 0.6 is 7.92 Å². The van der Waals surface area contributed by atoms with Crippen molar-refractivity contribution in [3.63, 3.8) is 0 Å². The third kappa shape index (κ3) is 11.8. The molecule has 0 rings (SSSR count). The second-order valence-electron chi connectivity index (χ2n) is 12.9. The van der Waals surface area contributed by atoms with Gasteiger partial charge in [0.25, 0.3) is 0 Å². The van der Waals surface area contributed by atoms with Crippen LogP contribution in [0.25, 0.3) is 0 Å². The average molecular weight is 539 g/mol. The Morgan fingerprint density at radius 3 is 0.595 bits per heavy atom. The molecule has 0 aromatic carbocycles. The Bertz CT molecular complexity index is 400. The monoisotopic (exact) mass is 539 g/mol. The number of hydrogen-bond acceptors (Lipinski definition) is 0. The first-order valence-corrected chi connectivity index (χ1v) is 19.1. The normalized spacial score (nSPS) is 13.1. The third-order valence-electron chi connectivity index (χ3n) is 9.54. The standard InChI is InChI=1S/C36H75P/c1-10-19-28-34(25-16-7,29-20-11-2)37(35(26-17-8,30-21-12-3)31-22-13-4)36(27-18-9,32-23-14-5)33-24-15-6/h10-33H2,1-9H3. The molecule has 0 amide bonds. The van der Waals surface area contributed by atoms with E-state index >= 15 is 0 Å². The van der Waals surface area contributed by atoms with E-state index in [0.717, 1.165) is 0 Å². The van der Waals surface area contributed by atoms with Crippen LogP contribution < -0.4 is 0 Å². The summed E-state index contributed by atoms with van der Waals surface area (Å²) in [7, 11) is -0.0910. The number of rotatable bonds is 27. The van der Waals surface area contributed by atoms with Gasteiger partial charge in [-0.1, -0.05) is 167 Å². The minimum Gasteiger partial charge on any atom is -0.0876 e. The zero-order valence-electron chi connectivity index (χ0n) is 27.9. The molecule has 0 aliphatic rings. The van der Waals surface area contributed by atoms with Gasteiger partial charge in [0, 0.05) is 0 Å². The summed E-state index contributed by atoms with van der Waals surface area (Å²) in [6, 6.07) is 0. The van der Waals surface area contributed by atoms with Gasteiger partial charge in [-0.05, 0) is 73.3 Å². The maximum atomic E-state index is 2.53. The summed E-state index contributed by atoms with van der Waals surface area (Å²) in [5, 5.41) is 1.80. The molecule has 0 heterocycles. The van der Waals surface area contributed by atoms with Crippen molar-refractivity contribution in [1.82, 2.24) is 0 Å². The van der Waals surface area contributed by atoms with Gasteiger partial charge in [-0.2, -0.15) is 0 Å². The van der Waals surface area contributed by atoms with E-state index in [9.17, 15) is 0 Å². The topological polar surface area (TPSA) is 0 Å². The van der Waals surface area contributed by atoms with Crippen LogP contribution in [0.2, 0.25) is 0 Å². The van der Waals surface area contributed by atoms with Crippen molar-refractivity contribution in [3.8, 4) is 0 Å². The molecule has 0 unspecified atom stereocenters. The molecule has 0 bridgehead atoms. The van der Waals surface area contributed by atoms with Crippen LogP contribution in [-0.4, -0.2) is 15.5 Å². The van der Waals surface area contributed by atoms with Crippen LogP contribution in [0, 0.1) is 0 Å².